The van der Waals surface area contributed by atoms with Gasteiger partial charge < -0.3 is 10.1 Å². The van der Waals surface area contributed by atoms with Crippen molar-refractivity contribution in [3.63, 3.8) is 0 Å². The molecule has 1 atom stereocenters. The summed E-state index contributed by atoms with van der Waals surface area (Å²) in [6.45, 7) is 6.07. The van der Waals surface area contributed by atoms with Crippen LogP contribution >= 0.6 is 11.6 Å². The van der Waals surface area contributed by atoms with Crippen LogP contribution in [0.2, 0.25) is 5.02 Å². The van der Waals surface area contributed by atoms with Gasteiger partial charge in [-0.1, -0.05) is 41.4 Å². The maximum Gasteiger partial charge on any atom is 0.266 e. The highest BCUT2D eigenvalue weighted by Crippen LogP contribution is 2.22. The molecule has 1 amide bonds. The molecular formula is C23H24ClN3O3. The van der Waals surface area contributed by atoms with Crippen molar-refractivity contribution in [2.24, 2.45) is 0 Å². The summed E-state index contributed by atoms with van der Waals surface area (Å²) in [6.07, 6.45) is -0.686. The first-order chi connectivity index (χ1) is 14.3. The van der Waals surface area contributed by atoms with Crippen molar-refractivity contribution in [1.29, 1.82) is 0 Å². The molecule has 0 saturated heterocycles. The summed E-state index contributed by atoms with van der Waals surface area (Å²) in [5, 5.41) is 7.83. The van der Waals surface area contributed by atoms with Crippen LogP contribution in [0.15, 0.2) is 59.4 Å². The normalized spacial score (nSPS) is 11.7. The molecule has 6 nitrogen and oxygen atoms in total. The van der Waals surface area contributed by atoms with Gasteiger partial charge in [0, 0.05) is 23.2 Å². The molecular weight excluding hydrogens is 402 g/mol. The maximum absolute atomic E-state index is 12.3. The fourth-order valence-corrected chi connectivity index (χ4v) is 2.98. The Hall–Kier alpha value is -3.12. The van der Waals surface area contributed by atoms with Crippen LogP contribution in [0.25, 0.3) is 11.3 Å². The lowest BCUT2D eigenvalue weighted by Crippen LogP contribution is -2.39. The second-order valence-corrected chi connectivity index (χ2v) is 7.52. The van der Waals surface area contributed by atoms with Crippen molar-refractivity contribution >= 4 is 17.5 Å². The molecule has 3 aromatic rings. The third-order valence-electron chi connectivity index (χ3n) is 4.65. The van der Waals surface area contributed by atoms with Crippen LogP contribution in [0.5, 0.6) is 5.75 Å². The van der Waals surface area contributed by atoms with E-state index in [1.807, 2.05) is 38.1 Å². The van der Waals surface area contributed by atoms with Crippen molar-refractivity contribution < 1.29 is 9.53 Å². The Bertz CT molecular complexity index is 1090. The summed E-state index contributed by atoms with van der Waals surface area (Å²) in [5.74, 6) is 0.300. The number of nitrogens with zero attached hydrogens (tertiary/aromatic N) is 2. The van der Waals surface area contributed by atoms with Crippen LogP contribution in [0.3, 0.4) is 0 Å². The number of aromatic nitrogens is 2. The van der Waals surface area contributed by atoms with Crippen molar-refractivity contribution in [3.05, 3.63) is 81.1 Å². The van der Waals surface area contributed by atoms with E-state index in [-0.39, 0.29) is 24.6 Å². The van der Waals surface area contributed by atoms with Gasteiger partial charge in [-0.15, -0.1) is 0 Å². The molecule has 1 aromatic heterocycles. The SMILES string of the molecule is Cc1ccc(-c2ccc(=O)n(CCNC(=O)C(C)Oc3ccc(Cl)c(C)c3)n2)cc1. The van der Waals surface area contributed by atoms with Crippen LogP contribution in [-0.4, -0.2) is 28.3 Å². The molecule has 7 heteroatoms. The molecule has 1 N–H and O–H groups in total. The van der Waals surface area contributed by atoms with E-state index in [1.165, 1.54) is 10.7 Å². The molecule has 30 heavy (non-hydrogen) atoms. The van der Waals surface area contributed by atoms with Gasteiger partial charge in [-0.25, -0.2) is 4.68 Å². The van der Waals surface area contributed by atoms with Crippen molar-refractivity contribution in [2.45, 2.75) is 33.4 Å². The van der Waals surface area contributed by atoms with Crippen LogP contribution in [-0.2, 0) is 11.3 Å². The first kappa shape index (κ1) is 21.6. The number of amides is 1. The number of hydrogen-bond donors (Lipinski definition) is 1. The molecule has 0 aliphatic carbocycles. The van der Waals surface area contributed by atoms with Gasteiger partial charge in [-0.2, -0.15) is 5.10 Å². The number of rotatable bonds is 7. The van der Waals surface area contributed by atoms with Crippen molar-refractivity contribution in [2.75, 3.05) is 6.54 Å². The maximum atomic E-state index is 12.3. The number of aryl methyl sites for hydroxylation is 2. The van der Waals surface area contributed by atoms with Gasteiger partial charge in [-0.3, -0.25) is 9.59 Å². The minimum atomic E-state index is -0.686. The van der Waals surface area contributed by atoms with E-state index in [4.69, 9.17) is 16.3 Å². The summed E-state index contributed by atoms with van der Waals surface area (Å²) in [6, 6.07) is 16.3. The van der Waals surface area contributed by atoms with Crippen LogP contribution in [0.1, 0.15) is 18.1 Å². The molecule has 0 fully saturated rings. The molecule has 1 unspecified atom stereocenters. The number of ether oxygens (including phenoxy) is 1. The average Bonchev–Trinajstić information content (AvgIpc) is 2.72. The highest BCUT2D eigenvalue weighted by molar-refractivity contribution is 6.31. The fraction of sp³-hybridized carbons (Fsp3) is 0.261. The molecule has 0 aliphatic rings. The van der Waals surface area contributed by atoms with Gasteiger partial charge in [0.15, 0.2) is 6.10 Å². The Morgan fingerprint density at radius 3 is 2.57 bits per heavy atom. The number of benzene rings is 2. The van der Waals surface area contributed by atoms with E-state index in [1.54, 1.807) is 31.2 Å². The third kappa shape index (κ3) is 5.48. The lowest BCUT2D eigenvalue weighted by atomic mass is 10.1. The highest BCUT2D eigenvalue weighted by Gasteiger charge is 2.15. The lowest BCUT2D eigenvalue weighted by Gasteiger charge is -2.15. The lowest BCUT2D eigenvalue weighted by molar-refractivity contribution is -0.127. The van der Waals surface area contributed by atoms with E-state index in [9.17, 15) is 9.59 Å². The molecule has 0 aliphatic heterocycles. The topological polar surface area (TPSA) is 73.2 Å². The predicted molar refractivity (Wildman–Crippen MR) is 118 cm³/mol. The van der Waals surface area contributed by atoms with Gasteiger partial charge in [0.25, 0.3) is 11.5 Å². The summed E-state index contributed by atoms with van der Waals surface area (Å²) in [5.41, 5.74) is 3.44. The van der Waals surface area contributed by atoms with E-state index in [2.05, 4.69) is 10.4 Å². The molecule has 0 radical (unpaired) electrons. The Morgan fingerprint density at radius 1 is 1.13 bits per heavy atom. The summed E-state index contributed by atoms with van der Waals surface area (Å²) in [4.78, 5) is 24.4. The molecule has 2 aromatic carbocycles. The molecule has 0 saturated carbocycles. The first-order valence-electron chi connectivity index (χ1n) is 9.69. The minimum absolute atomic E-state index is 0.221. The number of carbonyl (C=O) groups excluding carboxylic acids is 1. The summed E-state index contributed by atoms with van der Waals surface area (Å²) in [7, 11) is 0. The standard InChI is InChI=1S/C23H24ClN3O3/c1-15-4-6-18(7-5-15)21-10-11-22(28)27(26-21)13-12-25-23(29)17(3)30-19-8-9-20(24)16(2)14-19/h4-11,14,17H,12-13H2,1-3H3,(H,25,29). The second-order valence-electron chi connectivity index (χ2n) is 7.11. The van der Waals surface area contributed by atoms with Crippen LogP contribution in [0.4, 0.5) is 0 Å². The molecule has 0 spiro atoms. The zero-order valence-corrected chi connectivity index (χ0v) is 17.9. The molecule has 0 bridgehead atoms. The van der Waals surface area contributed by atoms with Crippen LogP contribution in [0, 0.1) is 13.8 Å². The molecule has 156 valence electrons. The quantitative estimate of drug-likeness (QED) is 0.625. The number of nitrogens with one attached hydrogen (secondary N) is 1. The summed E-state index contributed by atoms with van der Waals surface area (Å²) >= 11 is 6.01. The van der Waals surface area contributed by atoms with E-state index in [0.717, 1.165) is 16.7 Å². The Morgan fingerprint density at radius 2 is 1.87 bits per heavy atom. The highest BCUT2D eigenvalue weighted by atomic mass is 35.5. The van der Waals surface area contributed by atoms with Crippen molar-refractivity contribution in [1.82, 2.24) is 15.1 Å². The van der Waals surface area contributed by atoms with Crippen LogP contribution < -0.4 is 15.6 Å². The first-order valence-corrected chi connectivity index (χ1v) is 10.1. The fourth-order valence-electron chi connectivity index (χ4n) is 2.86. The molecule has 1 heterocycles. The Kier molecular flexibility index (Phi) is 6.90. The largest absolute Gasteiger partial charge is 0.481 e. The smallest absolute Gasteiger partial charge is 0.266 e. The van der Waals surface area contributed by atoms with Gasteiger partial charge in [0.2, 0.25) is 0 Å². The van der Waals surface area contributed by atoms with Crippen molar-refractivity contribution in [3.8, 4) is 17.0 Å². The minimum Gasteiger partial charge on any atom is -0.481 e. The van der Waals surface area contributed by atoms with E-state index < -0.39 is 6.10 Å². The average molecular weight is 426 g/mol. The van der Waals surface area contributed by atoms with E-state index in [0.29, 0.717) is 16.5 Å². The summed E-state index contributed by atoms with van der Waals surface area (Å²) < 4.78 is 7.02. The zero-order valence-electron chi connectivity index (χ0n) is 17.2. The Balaban J connectivity index is 1.58. The second kappa shape index (κ2) is 9.59. The molecule has 3 rings (SSSR count). The number of hydrogen-bond acceptors (Lipinski definition) is 4. The monoisotopic (exact) mass is 425 g/mol. The Labute approximate surface area is 180 Å². The van der Waals surface area contributed by atoms with E-state index >= 15 is 0 Å². The van der Waals surface area contributed by atoms with Gasteiger partial charge in [-0.05, 0) is 50.6 Å². The third-order valence-corrected chi connectivity index (χ3v) is 5.07. The van der Waals surface area contributed by atoms with Gasteiger partial charge >= 0.3 is 0 Å². The van der Waals surface area contributed by atoms with Gasteiger partial charge in [0.05, 0.1) is 12.2 Å². The number of halogens is 1. The predicted octanol–water partition coefficient (Wildman–Crippen LogP) is 3.76. The van der Waals surface area contributed by atoms with Gasteiger partial charge in [0.1, 0.15) is 5.75 Å². The number of carbonyl (C=O) groups is 1. The zero-order chi connectivity index (χ0) is 21.7.